The first-order chi connectivity index (χ1) is 10.7. The molecule has 2 unspecified atom stereocenters. The van der Waals surface area contributed by atoms with E-state index >= 15 is 0 Å². The molecule has 1 N–H and O–H groups in total. The number of nitrogens with one attached hydrogen (secondary N) is 1. The summed E-state index contributed by atoms with van der Waals surface area (Å²) in [6.45, 7) is 2.79. The van der Waals surface area contributed by atoms with Gasteiger partial charge in [0.05, 0.1) is 12.1 Å². The fraction of sp³-hybridized carbons (Fsp3) is 0.389. The van der Waals surface area contributed by atoms with Crippen LogP contribution in [0.5, 0.6) is 5.75 Å². The Morgan fingerprint density at radius 1 is 1.32 bits per heavy atom. The van der Waals surface area contributed by atoms with Crippen molar-refractivity contribution in [3.05, 3.63) is 42.5 Å². The highest BCUT2D eigenvalue weighted by Crippen LogP contribution is 2.20. The summed E-state index contributed by atoms with van der Waals surface area (Å²) >= 11 is 0. The van der Waals surface area contributed by atoms with Crippen LogP contribution in [0.15, 0.2) is 42.5 Å². The highest BCUT2D eigenvalue weighted by Gasteiger charge is 2.23. The van der Waals surface area contributed by atoms with E-state index in [1.165, 1.54) is 0 Å². The van der Waals surface area contributed by atoms with Gasteiger partial charge in [0.2, 0.25) is 0 Å². The number of fused-ring (bicyclic) bond motifs is 1. The second-order valence-electron chi connectivity index (χ2n) is 5.71. The van der Waals surface area contributed by atoms with Gasteiger partial charge in [-0.05, 0) is 42.7 Å². The fourth-order valence-electron chi connectivity index (χ4n) is 2.79. The first-order valence-electron chi connectivity index (χ1n) is 7.75. The Bertz CT molecular complexity index is 650. The van der Waals surface area contributed by atoms with Crippen molar-refractivity contribution in [3.63, 3.8) is 0 Å². The lowest BCUT2D eigenvalue weighted by molar-refractivity contribution is -0.124. The highest BCUT2D eigenvalue weighted by molar-refractivity contribution is 5.84. The Morgan fingerprint density at radius 2 is 2.14 bits per heavy atom. The van der Waals surface area contributed by atoms with Gasteiger partial charge in [-0.15, -0.1) is 0 Å². The topological polar surface area (TPSA) is 47.6 Å². The van der Waals surface area contributed by atoms with E-state index in [0.29, 0.717) is 5.75 Å². The van der Waals surface area contributed by atoms with Crippen LogP contribution in [0.2, 0.25) is 0 Å². The van der Waals surface area contributed by atoms with Crippen LogP contribution in [-0.4, -0.2) is 31.3 Å². The molecule has 0 bridgehead atoms. The molecule has 0 saturated carbocycles. The van der Waals surface area contributed by atoms with Crippen molar-refractivity contribution in [2.45, 2.75) is 31.9 Å². The van der Waals surface area contributed by atoms with Gasteiger partial charge in [0.15, 0.2) is 6.61 Å². The molecule has 0 radical (unpaired) electrons. The molecule has 0 aliphatic carbocycles. The second kappa shape index (κ2) is 6.79. The third-order valence-corrected chi connectivity index (χ3v) is 4.00. The second-order valence-corrected chi connectivity index (χ2v) is 5.71. The first kappa shape index (κ1) is 14.9. The lowest BCUT2D eigenvalue weighted by atomic mass is 10.1. The molecule has 4 heteroatoms. The number of amides is 1. The quantitative estimate of drug-likeness (QED) is 0.923. The average Bonchev–Trinajstić information content (AvgIpc) is 3.07. The maximum absolute atomic E-state index is 12.0. The number of ether oxygens (including phenoxy) is 2. The van der Waals surface area contributed by atoms with E-state index in [2.05, 4.69) is 11.4 Å². The Kier molecular flexibility index (Phi) is 4.59. The lowest BCUT2D eigenvalue weighted by Gasteiger charge is -2.20. The maximum Gasteiger partial charge on any atom is 0.258 e. The standard InChI is InChI=1S/C18H21NO3/c1-13(17-7-4-10-21-17)19-18(20)12-22-16-9-8-14-5-2-3-6-15(14)11-16/h2-3,5-6,8-9,11,13,17H,4,7,10,12H2,1H3,(H,19,20). The third-order valence-electron chi connectivity index (χ3n) is 4.00. The van der Waals surface area contributed by atoms with Crippen molar-refractivity contribution < 1.29 is 14.3 Å². The average molecular weight is 299 g/mol. The van der Waals surface area contributed by atoms with E-state index in [9.17, 15) is 4.79 Å². The number of hydrogen-bond acceptors (Lipinski definition) is 3. The van der Waals surface area contributed by atoms with Crippen molar-refractivity contribution in [3.8, 4) is 5.75 Å². The zero-order chi connectivity index (χ0) is 15.4. The maximum atomic E-state index is 12.0. The molecular formula is C18H21NO3. The van der Waals surface area contributed by atoms with Crippen LogP contribution < -0.4 is 10.1 Å². The number of rotatable bonds is 5. The van der Waals surface area contributed by atoms with Gasteiger partial charge in [-0.3, -0.25) is 4.79 Å². The van der Waals surface area contributed by atoms with E-state index in [0.717, 1.165) is 30.2 Å². The van der Waals surface area contributed by atoms with Crippen LogP contribution in [0.25, 0.3) is 10.8 Å². The molecule has 1 aliphatic rings. The Balaban J connectivity index is 1.53. The normalized spacial score (nSPS) is 19.0. The van der Waals surface area contributed by atoms with Crippen molar-refractivity contribution >= 4 is 16.7 Å². The van der Waals surface area contributed by atoms with Gasteiger partial charge >= 0.3 is 0 Å². The molecule has 4 nitrogen and oxygen atoms in total. The van der Waals surface area contributed by atoms with E-state index in [-0.39, 0.29) is 24.7 Å². The summed E-state index contributed by atoms with van der Waals surface area (Å²) in [5.74, 6) is 0.592. The van der Waals surface area contributed by atoms with Gasteiger partial charge in [0.25, 0.3) is 5.91 Å². The Hall–Kier alpha value is -2.07. The summed E-state index contributed by atoms with van der Waals surface area (Å²) in [5.41, 5.74) is 0. The number of hydrogen-bond donors (Lipinski definition) is 1. The Labute approximate surface area is 130 Å². The molecule has 2 atom stereocenters. The van der Waals surface area contributed by atoms with Gasteiger partial charge in [-0.25, -0.2) is 0 Å². The minimum atomic E-state index is -0.115. The minimum Gasteiger partial charge on any atom is -0.484 e. The van der Waals surface area contributed by atoms with Gasteiger partial charge in [-0.2, -0.15) is 0 Å². The van der Waals surface area contributed by atoms with Crippen molar-refractivity contribution in [2.75, 3.05) is 13.2 Å². The summed E-state index contributed by atoms with van der Waals surface area (Å²) in [5, 5.41) is 5.20. The monoisotopic (exact) mass is 299 g/mol. The zero-order valence-electron chi connectivity index (χ0n) is 12.7. The van der Waals surface area contributed by atoms with Crippen LogP contribution in [0.1, 0.15) is 19.8 Å². The predicted octanol–water partition coefficient (Wildman–Crippen LogP) is 2.90. The van der Waals surface area contributed by atoms with E-state index in [1.54, 1.807) is 0 Å². The number of benzene rings is 2. The molecule has 1 amide bonds. The third kappa shape index (κ3) is 3.57. The van der Waals surface area contributed by atoms with Crippen LogP contribution in [-0.2, 0) is 9.53 Å². The molecule has 116 valence electrons. The smallest absolute Gasteiger partial charge is 0.258 e. The summed E-state index contributed by atoms with van der Waals surface area (Å²) < 4.78 is 11.2. The van der Waals surface area contributed by atoms with E-state index in [1.807, 2.05) is 43.3 Å². The van der Waals surface area contributed by atoms with Crippen molar-refractivity contribution in [2.24, 2.45) is 0 Å². The summed E-state index contributed by atoms with van der Waals surface area (Å²) in [4.78, 5) is 12.0. The molecule has 2 aromatic carbocycles. The molecule has 0 spiro atoms. The molecule has 1 heterocycles. The van der Waals surface area contributed by atoms with Crippen molar-refractivity contribution in [1.29, 1.82) is 0 Å². The molecule has 3 rings (SSSR count). The van der Waals surface area contributed by atoms with E-state index < -0.39 is 0 Å². The molecular weight excluding hydrogens is 278 g/mol. The number of carbonyl (C=O) groups is 1. The van der Waals surface area contributed by atoms with Crippen LogP contribution in [0.4, 0.5) is 0 Å². The van der Waals surface area contributed by atoms with Gasteiger partial charge in [0.1, 0.15) is 5.75 Å². The molecule has 0 aromatic heterocycles. The van der Waals surface area contributed by atoms with Crippen LogP contribution in [0, 0.1) is 0 Å². The molecule has 1 saturated heterocycles. The summed E-state index contributed by atoms with van der Waals surface area (Å²) in [7, 11) is 0. The lowest BCUT2D eigenvalue weighted by Crippen LogP contribution is -2.42. The predicted molar refractivity (Wildman–Crippen MR) is 86.0 cm³/mol. The summed E-state index contributed by atoms with van der Waals surface area (Å²) in [6.07, 6.45) is 2.20. The minimum absolute atomic E-state index is 0.0232. The molecule has 1 fully saturated rings. The van der Waals surface area contributed by atoms with E-state index in [4.69, 9.17) is 9.47 Å². The van der Waals surface area contributed by atoms with Gasteiger partial charge in [-0.1, -0.05) is 30.3 Å². The Morgan fingerprint density at radius 3 is 2.91 bits per heavy atom. The fourth-order valence-corrected chi connectivity index (χ4v) is 2.79. The molecule has 22 heavy (non-hydrogen) atoms. The molecule has 2 aromatic rings. The SMILES string of the molecule is CC(NC(=O)COc1ccc2ccccc2c1)C1CCCO1. The summed E-state index contributed by atoms with van der Waals surface area (Å²) in [6, 6.07) is 13.9. The highest BCUT2D eigenvalue weighted by atomic mass is 16.5. The number of carbonyl (C=O) groups excluding carboxylic acids is 1. The van der Waals surface area contributed by atoms with Crippen LogP contribution >= 0.6 is 0 Å². The molecule has 1 aliphatic heterocycles. The van der Waals surface area contributed by atoms with Crippen molar-refractivity contribution in [1.82, 2.24) is 5.32 Å². The first-order valence-corrected chi connectivity index (χ1v) is 7.75. The zero-order valence-corrected chi connectivity index (χ0v) is 12.7. The largest absolute Gasteiger partial charge is 0.484 e. The van der Waals surface area contributed by atoms with Gasteiger partial charge in [0, 0.05) is 6.61 Å². The van der Waals surface area contributed by atoms with Crippen LogP contribution in [0.3, 0.4) is 0 Å². The van der Waals surface area contributed by atoms with Gasteiger partial charge < -0.3 is 14.8 Å².